The van der Waals surface area contributed by atoms with E-state index in [9.17, 15) is 4.79 Å². The van der Waals surface area contributed by atoms with Crippen molar-refractivity contribution in [1.82, 2.24) is 20.4 Å². The highest BCUT2D eigenvalue weighted by Gasteiger charge is 2.60. The summed E-state index contributed by atoms with van der Waals surface area (Å²) in [6, 6.07) is -0.212. The van der Waals surface area contributed by atoms with Crippen LogP contribution >= 0.6 is 11.3 Å². The molecule has 3 atom stereocenters. The Hall–Kier alpha value is -1.80. The first-order valence-corrected chi connectivity index (χ1v) is 10.5. The monoisotopic (exact) mass is 406 g/mol. The normalized spacial score (nSPS) is 28.1. The minimum Gasteiger partial charge on any atom is -0.459 e. The number of hydrogen-bond acceptors (Lipinski definition) is 8. The average Bonchev–Trinajstić information content (AvgIpc) is 3.25. The van der Waals surface area contributed by atoms with Crippen LogP contribution in [0.1, 0.15) is 77.1 Å². The lowest BCUT2D eigenvalue weighted by Gasteiger charge is -2.33. The Morgan fingerprint density at radius 3 is 2.68 bits per heavy atom. The molecule has 1 fully saturated rings. The first-order chi connectivity index (χ1) is 13.0. The fourth-order valence-corrected chi connectivity index (χ4v) is 4.92. The van der Waals surface area contributed by atoms with E-state index in [0.29, 0.717) is 30.5 Å². The number of nitrogens with one attached hydrogen (secondary N) is 1. The minimum absolute atomic E-state index is 0.212. The van der Waals surface area contributed by atoms with Gasteiger partial charge in [0.2, 0.25) is 5.89 Å². The number of thiazole rings is 1. The number of aromatic nitrogens is 3. The van der Waals surface area contributed by atoms with E-state index < -0.39 is 16.6 Å². The number of aryl methyl sites for hydroxylation is 1. The van der Waals surface area contributed by atoms with Crippen molar-refractivity contribution >= 4 is 17.3 Å². The van der Waals surface area contributed by atoms with Crippen molar-refractivity contribution in [3.8, 4) is 0 Å². The van der Waals surface area contributed by atoms with E-state index in [-0.39, 0.29) is 12.0 Å². The summed E-state index contributed by atoms with van der Waals surface area (Å²) in [5, 5.41) is 10.7. The molecule has 3 rings (SSSR count). The van der Waals surface area contributed by atoms with Crippen LogP contribution in [0.2, 0.25) is 0 Å². The molecule has 7 nitrogen and oxygen atoms in total. The average molecular weight is 407 g/mol. The maximum Gasteiger partial charge on any atom is 0.326 e. The van der Waals surface area contributed by atoms with E-state index in [1.54, 1.807) is 24.5 Å². The van der Waals surface area contributed by atoms with Gasteiger partial charge in [-0.3, -0.25) is 10.1 Å². The SMILES string of the molecule is Cc1nc([C@]2(C)C[C@@](CC(C)C)(C(=O)OC(C)(C)C)N[C@H]2c2nccs2)no1. The number of nitrogens with zero attached hydrogens (tertiary/aromatic N) is 3. The van der Waals surface area contributed by atoms with Crippen LogP contribution in [0.15, 0.2) is 16.1 Å². The van der Waals surface area contributed by atoms with Crippen LogP contribution in [0.25, 0.3) is 0 Å². The van der Waals surface area contributed by atoms with E-state index in [2.05, 4.69) is 41.2 Å². The van der Waals surface area contributed by atoms with Crippen molar-refractivity contribution in [3.63, 3.8) is 0 Å². The second-order valence-electron chi connectivity index (χ2n) is 9.36. The third kappa shape index (κ3) is 3.98. The highest BCUT2D eigenvalue weighted by Crippen LogP contribution is 2.51. The van der Waals surface area contributed by atoms with Gasteiger partial charge in [0.1, 0.15) is 16.1 Å². The summed E-state index contributed by atoms with van der Waals surface area (Å²) in [6.45, 7) is 13.7. The van der Waals surface area contributed by atoms with Crippen LogP contribution < -0.4 is 5.32 Å². The van der Waals surface area contributed by atoms with Crippen molar-refractivity contribution in [2.45, 2.75) is 83.9 Å². The zero-order chi connectivity index (χ0) is 20.7. The molecule has 28 heavy (non-hydrogen) atoms. The molecule has 0 radical (unpaired) electrons. The van der Waals surface area contributed by atoms with Crippen molar-refractivity contribution in [3.05, 3.63) is 28.3 Å². The largest absolute Gasteiger partial charge is 0.459 e. The van der Waals surface area contributed by atoms with Crippen LogP contribution in [0.3, 0.4) is 0 Å². The molecule has 0 unspecified atom stereocenters. The number of hydrogen-bond donors (Lipinski definition) is 1. The summed E-state index contributed by atoms with van der Waals surface area (Å²) in [4.78, 5) is 22.4. The molecule has 0 spiro atoms. The number of rotatable bonds is 5. The van der Waals surface area contributed by atoms with Gasteiger partial charge in [-0.2, -0.15) is 4.98 Å². The van der Waals surface area contributed by atoms with Crippen LogP contribution in [0.4, 0.5) is 0 Å². The molecule has 0 bridgehead atoms. The summed E-state index contributed by atoms with van der Waals surface area (Å²) < 4.78 is 11.1. The number of ether oxygens (including phenoxy) is 1. The van der Waals surface area contributed by atoms with E-state index in [1.165, 1.54) is 0 Å². The van der Waals surface area contributed by atoms with Gasteiger partial charge < -0.3 is 9.26 Å². The van der Waals surface area contributed by atoms with Crippen molar-refractivity contribution in [2.24, 2.45) is 5.92 Å². The lowest BCUT2D eigenvalue weighted by molar-refractivity contribution is -0.163. The lowest BCUT2D eigenvalue weighted by Crippen LogP contribution is -2.52. The maximum atomic E-state index is 13.4. The van der Waals surface area contributed by atoms with E-state index in [1.807, 2.05) is 26.2 Å². The van der Waals surface area contributed by atoms with Gasteiger partial charge in [-0.05, 0) is 39.5 Å². The molecule has 1 saturated heterocycles. The van der Waals surface area contributed by atoms with Crippen LogP contribution in [-0.4, -0.2) is 32.2 Å². The molecular formula is C20H30N4O3S. The highest BCUT2D eigenvalue weighted by atomic mass is 32.1. The Morgan fingerprint density at radius 2 is 2.18 bits per heavy atom. The Labute approximate surface area is 170 Å². The molecule has 0 saturated carbocycles. The molecule has 1 aliphatic rings. The Bertz CT molecular complexity index is 827. The predicted molar refractivity (Wildman–Crippen MR) is 107 cm³/mol. The quantitative estimate of drug-likeness (QED) is 0.752. The standard InChI is InChI=1S/C20H30N4O3S/c1-12(2)10-20(17(25)26-18(4,5)6)11-19(7,16-22-13(3)27-24-16)14(23-20)15-21-8-9-28-15/h8-9,12,14,23H,10-11H2,1-7H3/t14-,19+,20-/m0/s1. The molecule has 1 N–H and O–H groups in total. The Balaban J connectivity index is 2.08. The van der Waals surface area contributed by atoms with E-state index in [0.717, 1.165) is 5.01 Å². The lowest BCUT2D eigenvalue weighted by atomic mass is 9.75. The van der Waals surface area contributed by atoms with Crippen LogP contribution in [0.5, 0.6) is 0 Å². The second kappa shape index (κ2) is 7.22. The van der Waals surface area contributed by atoms with Crippen molar-refractivity contribution in [2.75, 3.05) is 0 Å². The molecule has 0 aromatic carbocycles. The summed E-state index contributed by atoms with van der Waals surface area (Å²) >= 11 is 1.56. The van der Waals surface area contributed by atoms with Crippen molar-refractivity contribution in [1.29, 1.82) is 0 Å². The summed E-state index contributed by atoms with van der Waals surface area (Å²) in [5.41, 5.74) is -1.97. The second-order valence-corrected chi connectivity index (χ2v) is 10.3. The first-order valence-electron chi connectivity index (χ1n) is 9.66. The first kappa shape index (κ1) is 20.9. The third-order valence-corrected chi connectivity index (χ3v) is 5.85. The molecule has 154 valence electrons. The number of esters is 1. The highest BCUT2D eigenvalue weighted by molar-refractivity contribution is 7.09. The zero-order valence-corrected chi connectivity index (χ0v) is 18.5. The molecule has 0 aliphatic carbocycles. The van der Waals surface area contributed by atoms with Crippen molar-refractivity contribution < 1.29 is 14.1 Å². The Morgan fingerprint density at radius 1 is 1.46 bits per heavy atom. The third-order valence-electron chi connectivity index (χ3n) is 5.01. The summed E-state index contributed by atoms with van der Waals surface area (Å²) in [7, 11) is 0. The summed E-state index contributed by atoms with van der Waals surface area (Å²) in [5.74, 6) is 1.16. The zero-order valence-electron chi connectivity index (χ0n) is 17.7. The van der Waals surface area contributed by atoms with E-state index >= 15 is 0 Å². The van der Waals surface area contributed by atoms with E-state index in [4.69, 9.17) is 9.26 Å². The van der Waals surface area contributed by atoms with Gasteiger partial charge in [0.05, 0.1) is 11.5 Å². The predicted octanol–water partition coefficient (Wildman–Crippen LogP) is 3.95. The molecule has 2 aromatic rings. The van der Waals surface area contributed by atoms with Gasteiger partial charge in [0, 0.05) is 18.5 Å². The maximum absolute atomic E-state index is 13.4. The minimum atomic E-state index is -0.846. The molecular weight excluding hydrogens is 376 g/mol. The Kier molecular flexibility index (Phi) is 5.40. The number of carbonyl (C=O) groups is 1. The smallest absolute Gasteiger partial charge is 0.326 e. The fraction of sp³-hybridized carbons (Fsp3) is 0.700. The van der Waals surface area contributed by atoms with Gasteiger partial charge in [-0.1, -0.05) is 25.9 Å². The van der Waals surface area contributed by atoms with Gasteiger partial charge in [0.15, 0.2) is 5.82 Å². The van der Waals surface area contributed by atoms with Crippen LogP contribution in [0, 0.1) is 12.8 Å². The fourth-order valence-electron chi connectivity index (χ4n) is 4.08. The van der Waals surface area contributed by atoms with Crippen LogP contribution in [-0.2, 0) is 14.9 Å². The summed E-state index contributed by atoms with van der Waals surface area (Å²) in [6.07, 6.45) is 2.94. The van der Waals surface area contributed by atoms with Gasteiger partial charge in [0.25, 0.3) is 0 Å². The molecule has 3 heterocycles. The molecule has 8 heteroatoms. The van der Waals surface area contributed by atoms with Gasteiger partial charge in [-0.25, -0.2) is 4.98 Å². The molecule has 1 aliphatic heterocycles. The van der Waals surface area contributed by atoms with Gasteiger partial charge in [-0.15, -0.1) is 11.3 Å². The topological polar surface area (TPSA) is 90.1 Å². The number of carbonyl (C=O) groups excluding carboxylic acids is 1. The van der Waals surface area contributed by atoms with Gasteiger partial charge >= 0.3 is 5.97 Å². The molecule has 0 amide bonds. The molecule has 2 aromatic heterocycles.